The van der Waals surface area contributed by atoms with Crippen LogP contribution in [0.15, 0.2) is 35.0 Å². The molecule has 29 heavy (non-hydrogen) atoms. The predicted octanol–water partition coefficient (Wildman–Crippen LogP) is 4.04. The number of benzene rings is 1. The van der Waals surface area contributed by atoms with Gasteiger partial charge in [-0.3, -0.25) is 4.68 Å². The summed E-state index contributed by atoms with van der Waals surface area (Å²) in [6.45, 7) is 0.916. The van der Waals surface area contributed by atoms with Crippen LogP contribution in [0.25, 0.3) is 22.6 Å². The van der Waals surface area contributed by atoms with Crippen molar-refractivity contribution in [3.63, 3.8) is 0 Å². The largest absolute Gasteiger partial charge is 0.465 e. The maximum absolute atomic E-state index is 13.7. The third kappa shape index (κ3) is 3.99. The van der Waals surface area contributed by atoms with Crippen molar-refractivity contribution in [3.05, 3.63) is 46.7 Å². The van der Waals surface area contributed by atoms with Crippen molar-refractivity contribution < 1.29 is 32.3 Å². The SMILES string of the molecule is COC(=O)c1c(-c2ccccc2Cl)noc1-c1cnn(C[C@H](C)O)c1C(F)(F)F. The topological polar surface area (TPSA) is 90.4 Å². The Bertz CT molecular complexity index is 1040. The van der Waals surface area contributed by atoms with Crippen LogP contribution in [0.3, 0.4) is 0 Å². The van der Waals surface area contributed by atoms with E-state index in [4.69, 9.17) is 20.9 Å². The van der Waals surface area contributed by atoms with Crippen LogP contribution in [0, 0.1) is 0 Å². The molecule has 2 heterocycles. The van der Waals surface area contributed by atoms with Gasteiger partial charge in [0.15, 0.2) is 11.5 Å². The number of alkyl halides is 3. The number of rotatable bonds is 5. The molecule has 0 fully saturated rings. The lowest BCUT2D eigenvalue weighted by Gasteiger charge is -2.13. The molecule has 0 radical (unpaired) electrons. The number of aliphatic hydroxyl groups is 1. The van der Waals surface area contributed by atoms with Crippen molar-refractivity contribution in [2.45, 2.75) is 25.7 Å². The second-order valence-electron chi connectivity index (χ2n) is 6.14. The van der Waals surface area contributed by atoms with Crippen molar-refractivity contribution in [2.24, 2.45) is 0 Å². The highest BCUT2D eigenvalue weighted by Gasteiger charge is 2.41. The average Bonchev–Trinajstić information content (AvgIpc) is 3.24. The average molecular weight is 430 g/mol. The zero-order valence-electron chi connectivity index (χ0n) is 15.2. The Hall–Kier alpha value is -2.85. The summed E-state index contributed by atoms with van der Waals surface area (Å²) in [4.78, 5) is 12.4. The maximum atomic E-state index is 13.7. The fourth-order valence-electron chi connectivity index (χ4n) is 2.84. The number of carbonyl (C=O) groups excluding carboxylic acids is 1. The number of aromatic nitrogens is 3. The fraction of sp³-hybridized carbons (Fsp3) is 0.278. The van der Waals surface area contributed by atoms with Gasteiger partial charge in [0.25, 0.3) is 0 Å². The van der Waals surface area contributed by atoms with E-state index in [0.29, 0.717) is 4.68 Å². The quantitative estimate of drug-likeness (QED) is 0.615. The summed E-state index contributed by atoms with van der Waals surface area (Å²) in [5, 5.41) is 17.2. The van der Waals surface area contributed by atoms with E-state index in [9.17, 15) is 23.1 Å². The molecular weight excluding hydrogens is 415 g/mol. The number of esters is 1. The van der Waals surface area contributed by atoms with E-state index < -0.39 is 41.8 Å². The van der Waals surface area contributed by atoms with Crippen LogP contribution in [0.4, 0.5) is 13.2 Å². The van der Waals surface area contributed by atoms with Gasteiger partial charge in [-0.25, -0.2) is 4.79 Å². The van der Waals surface area contributed by atoms with Crippen LogP contribution in [0.5, 0.6) is 0 Å². The smallest absolute Gasteiger partial charge is 0.433 e. The molecule has 0 spiro atoms. The van der Waals surface area contributed by atoms with E-state index >= 15 is 0 Å². The summed E-state index contributed by atoms with van der Waals surface area (Å²) in [5.41, 5.74) is -1.79. The molecular formula is C18H15ClF3N3O4. The molecule has 7 nitrogen and oxygen atoms in total. The van der Waals surface area contributed by atoms with Gasteiger partial charge in [0.2, 0.25) is 0 Å². The molecule has 1 atom stereocenters. The van der Waals surface area contributed by atoms with Crippen molar-refractivity contribution >= 4 is 17.6 Å². The molecule has 0 saturated heterocycles. The van der Waals surface area contributed by atoms with Crippen LogP contribution >= 0.6 is 11.6 Å². The zero-order valence-corrected chi connectivity index (χ0v) is 16.0. The van der Waals surface area contributed by atoms with Gasteiger partial charge in [0, 0.05) is 5.56 Å². The van der Waals surface area contributed by atoms with Gasteiger partial charge >= 0.3 is 12.1 Å². The molecule has 0 aliphatic carbocycles. The molecule has 0 aliphatic rings. The van der Waals surface area contributed by atoms with Crippen molar-refractivity contribution in [2.75, 3.05) is 7.11 Å². The molecule has 0 saturated carbocycles. The summed E-state index contributed by atoms with van der Waals surface area (Å²) in [5.74, 6) is -1.41. The minimum Gasteiger partial charge on any atom is -0.465 e. The van der Waals surface area contributed by atoms with Gasteiger partial charge in [0.1, 0.15) is 11.3 Å². The number of hydrogen-bond donors (Lipinski definition) is 1. The van der Waals surface area contributed by atoms with E-state index in [1.165, 1.54) is 19.1 Å². The van der Waals surface area contributed by atoms with Crippen LogP contribution < -0.4 is 0 Å². The molecule has 3 rings (SSSR count). The number of nitrogens with zero attached hydrogens (tertiary/aromatic N) is 3. The number of hydrogen-bond acceptors (Lipinski definition) is 6. The van der Waals surface area contributed by atoms with Crippen LogP contribution in [0.1, 0.15) is 23.0 Å². The van der Waals surface area contributed by atoms with Gasteiger partial charge in [-0.2, -0.15) is 18.3 Å². The second kappa shape index (κ2) is 7.88. The Labute approximate surface area is 167 Å². The first-order valence-electron chi connectivity index (χ1n) is 8.29. The molecule has 0 aliphatic heterocycles. The summed E-state index contributed by atoms with van der Waals surface area (Å²) >= 11 is 6.14. The highest BCUT2D eigenvalue weighted by atomic mass is 35.5. The lowest BCUT2D eigenvalue weighted by Crippen LogP contribution is -2.21. The highest BCUT2D eigenvalue weighted by Crippen LogP contribution is 2.41. The van der Waals surface area contributed by atoms with E-state index in [2.05, 4.69) is 10.3 Å². The molecule has 11 heteroatoms. The predicted molar refractivity (Wildman–Crippen MR) is 96.2 cm³/mol. The Morgan fingerprint density at radius 3 is 2.62 bits per heavy atom. The van der Waals surface area contributed by atoms with Gasteiger partial charge in [-0.15, -0.1) is 0 Å². The minimum absolute atomic E-state index is 0.0612. The third-order valence-electron chi connectivity index (χ3n) is 4.00. The van der Waals surface area contributed by atoms with Crippen molar-refractivity contribution in [3.8, 4) is 22.6 Å². The first-order valence-corrected chi connectivity index (χ1v) is 8.67. The fourth-order valence-corrected chi connectivity index (χ4v) is 3.07. The molecule has 0 unspecified atom stereocenters. The number of aliphatic hydroxyl groups excluding tert-OH is 1. The number of methoxy groups -OCH3 is 1. The molecule has 1 aromatic carbocycles. The maximum Gasteiger partial charge on any atom is 0.433 e. The summed E-state index contributed by atoms with van der Waals surface area (Å²) in [6, 6.07) is 6.34. The monoisotopic (exact) mass is 429 g/mol. The summed E-state index contributed by atoms with van der Waals surface area (Å²) < 4.78 is 51.7. The summed E-state index contributed by atoms with van der Waals surface area (Å²) in [7, 11) is 1.08. The Morgan fingerprint density at radius 2 is 2.03 bits per heavy atom. The van der Waals surface area contributed by atoms with Gasteiger partial charge in [0.05, 0.1) is 36.5 Å². The Kier molecular flexibility index (Phi) is 5.67. The number of ether oxygens (including phenoxy) is 1. The third-order valence-corrected chi connectivity index (χ3v) is 4.33. The molecule has 154 valence electrons. The van der Waals surface area contributed by atoms with Crippen molar-refractivity contribution in [1.82, 2.24) is 14.9 Å². The molecule has 0 amide bonds. The molecule has 1 N–H and O–H groups in total. The van der Waals surface area contributed by atoms with Gasteiger partial charge in [-0.05, 0) is 13.0 Å². The second-order valence-corrected chi connectivity index (χ2v) is 6.55. The standard InChI is InChI=1S/C18H15ClF3N3O4/c1-9(26)8-25-16(18(20,21)22)11(7-23-25)15-13(17(27)28-2)14(24-29-15)10-5-3-4-6-12(10)19/h3-7,9,26H,8H2,1-2H3/t9-/m0/s1. The van der Waals surface area contributed by atoms with E-state index in [0.717, 1.165) is 13.3 Å². The van der Waals surface area contributed by atoms with Gasteiger partial charge in [-0.1, -0.05) is 35.0 Å². The van der Waals surface area contributed by atoms with Crippen molar-refractivity contribution in [1.29, 1.82) is 0 Å². The molecule has 0 bridgehead atoms. The first kappa shape index (κ1) is 20.9. The Balaban J connectivity index is 2.27. The van der Waals surface area contributed by atoms with Crippen LogP contribution in [-0.2, 0) is 17.5 Å². The van der Waals surface area contributed by atoms with E-state index in [-0.39, 0.29) is 21.8 Å². The number of carbonyl (C=O) groups is 1. The van der Waals surface area contributed by atoms with Crippen LogP contribution in [0.2, 0.25) is 5.02 Å². The van der Waals surface area contributed by atoms with E-state index in [1.54, 1.807) is 12.1 Å². The zero-order chi connectivity index (χ0) is 21.3. The van der Waals surface area contributed by atoms with E-state index in [1.807, 2.05) is 0 Å². The van der Waals surface area contributed by atoms with Crippen LogP contribution in [-0.4, -0.2) is 39.2 Å². The summed E-state index contributed by atoms with van der Waals surface area (Å²) in [6.07, 6.45) is -5.03. The highest BCUT2D eigenvalue weighted by molar-refractivity contribution is 6.33. The molecule has 3 aromatic rings. The minimum atomic E-state index is -4.84. The lowest BCUT2D eigenvalue weighted by molar-refractivity contribution is -0.144. The molecule has 2 aromatic heterocycles. The lowest BCUT2D eigenvalue weighted by atomic mass is 10.0. The normalized spacial score (nSPS) is 12.8. The van der Waals surface area contributed by atoms with Gasteiger partial charge < -0.3 is 14.4 Å². The Morgan fingerprint density at radius 1 is 1.34 bits per heavy atom. The number of halogens is 4. The first-order chi connectivity index (χ1) is 13.6.